The van der Waals surface area contributed by atoms with Gasteiger partial charge in [-0.15, -0.1) is 0 Å². The van der Waals surface area contributed by atoms with Crippen molar-refractivity contribution in [2.45, 2.75) is 63.2 Å². The van der Waals surface area contributed by atoms with E-state index in [1.165, 1.54) is 0 Å². The monoisotopic (exact) mass is 484 g/mol. The molecule has 34 heavy (non-hydrogen) atoms. The molecule has 1 N–H and O–H groups in total. The molecule has 6 rings (SSSR count). The minimum Gasteiger partial charge on any atom is -0.379 e. The number of piperidine rings is 1. The van der Waals surface area contributed by atoms with Gasteiger partial charge in [-0.05, 0) is 69.3 Å². The van der Waals surface area contributed by atoms with Gasteiger partial charge in [0.15, 0.2) is 5.15 Å². The molecule has 4 heterocycles. The third kappa shape index (κ3) is 3.95. The first-order valence-corrected chi connectivity index (χ1v) is 12.5. The lowest BCUT2D eigenvalue weighted by Gasteiger charge is -2.43. The summed E-state index contributed by atoms with van der Waals surface area (Å²) in [5.41, 5.74) is 3.57. The predicted octanol–water partition coefficient (Wildman–Crippen LogP) is 5.17. The van der Waals surface area contributed by atoms with E-state index < -0.39 is 6.17 Å². The zero-order valence-electron chi connectivity index (χ0n) is 19.6. The number of fused-ring (bicyclic) bond motifs is 1. The van der Waals surface area contributed by atoms with Crippen LogP contribution in [-0.4, -0.2) is 62.7 Å². The number of alkyl halides is 1. The summed E-state index contributed by atoms with van der Waals surface area (Å²) in [6.45, 7) is 7.03. The van der Waals surface area contributed by atoms with Crippen LogP contribution >= 0.6 is 11.6 Å². The number of hydrogen-bond donors (Lipinski definition) is 1. The Morgan fingerprint density at radius 3 is 2.82 bits per heavy atom. The molecular weight excluding hydrogens is 455 g/mol. The number of likely N-dealkylation sites (tertiary alicyclic amines) is 1. The summed E-state index contributed by atoms with van der Waals surface area (Å²) in [5, 5.41) is 9.10. The molecule has 0 bridgehead atoms. The van der Waals surface area contributed by atoms with Crippen molar-refractivity contribution < 1.29 is 9.13 Å². The van der Waals surface area contributed by atoms with Crippen molar-refractivity contribution >= 4 is 34.1 Å². The van der Waals surface area contributed by atoms with Crippen molar-refractivity contribution in [3.63, 3.8) is 0 Å². The third-order valence-electron chi connectivity index (χ3n) is 7.74. The first-order valence-electron chi connectivity index (χ1n) is 12.2. The normalized spacial score (nSPS) is 28.0. The second kappa shape index (κ2) is 8.43. The van der Waals surface area contributed by atoms with Gasteiger partial charge in [-0.25, -0.2) is 19.0 Å². The molecule has 2 aliphatic heterocycles. The molecule has 0 radical (unpaired) electrons. The Hall–Kier alpha value is -2.29. The zero-order chi connectivity index (χ0) is 23.4. The lowest BCUT2D eigenvalue weighted by atomic mass is 9.83. The first kappa shape index (κ1) is 22.2. The SMILES string of the molecule is Cc1cc2cnc(Nc3cnn(C4CC4)c3Cl)nc2cc1C1CCN(C2(C)CCOC2)CC1F. The zero-order valence-corrected chi connectivity index (χ0v) is 20.4. The first-order chi connectivity index (χ1) is 16.4. The Bertz CT molecular complexity index is 1220. The fourth-order valence-corrected chi connectivity index (χ4v) is 5.72. The Morgan fingerprint density at radius 1 is 1.24 bits per heavy atom. The van der Waals surface area contributed by atoms with E-state index in [1.54, 1.807) is 12.4 Å². The molecule has 2 aromatic heterocycles. The lowest BCUT2D eigenvalue weighted by molar-refractivity contribution is 0.0227. The summed E-state index contributed by atoms with van der Waals surface area (Å²) >= 11 is 6.49. The van der Waals surface area contributed by atoms with Crippen molar-refractivity contribution in [3.8, 4) is 0 Å². The standard InChI is InChI=1S/C25H30ClFN6O/c1-15-9-16-11-28-24(31-22-12-29-33(23(22)26)17-3-4-17)30-21(16)10-19(15)18-5-7-32(13-20(18)27)25(2)6-8-34-14-25/h9-12,17-18,20H,3-8,13-14H2,1-2H3,(H,28,30,31). The van der Waals surface area contributed by atoms with Crippen LogP contribution in [0.15, 0.2) is 24.5 Å². The van der Waals surface area contributed by atoms with E-state index in [0.29, 0.717) is 36.0 Å². The third-order valence-corrected chi connectivity index (χ3v) is 8.12. The molecule has 1 aliphatic carbocycles. The van der Waals surface area contributed by atoms with Gasteiger partial charge in [0, 0.05) is 36.2 Å². The number of rotatable bonds is 5. The Kier molecular flexibility index (Phi) is 5.50. The Labute approximate surface area is 203 Å². The average Bonchev–Trinajstić information content (AvgIpc) is 3.46. The molecule has 1 aromatic carbocycles. The van der Waals surface area contributed by atoms with Crippen molar-refractivity contribution in [2.24, 2.45) is 0 Å². The summed E-state index contributed by atoms with van der Waals surface area (Å²) in [7, 11) is 0. The van der Waals surface area contributed by atoms with E-state index in [0.717, 1.165) is 60.9 Å². The van der Waals surface area contributed by atoms with Gasteiger partial charge in [0.2, 0.25) is 5.95 Å². The van der Waals surface area contributed by atoms with Crippen LogP contribution in [0.25, 0.3) is 10.9 Å². The topological polar surface area (TPSA) is 68.1 Å². The number of halogens is 2. The summed E-state index contributed by atoms with van der Waals surface area (Å²) in [5.74, 6) is 0.324. The van der Waals surface area contributed by atoms with Crippen LogP contribution in [0.4, 0.5) is 16.0 Å². The second-order valence-electron chi connectivity index (χ2n) is 10.3. The van der Waals surface area contributed by atoms with E-state index in [4.69, 9.17) is 21.3 Å². The highest BCUT2D eigenvalue weighted by Gasteiger charge is 2.41. The van der Waals surface area contributed by atoms with Crippen molar-refractivity contribution in [1.29, 1.82) is 0 Å². The summed E-state index contributed by atoms with van der Waals surface area (Å²) in [6.07, 6.45) is 6.57. The number of benzene rings is 1. The quantitative estimate of drug-likeness (QED) is 0.538. The maximum absolute atomic E-state index is 15.5. The number of aryl methyl sites for hydroxylation is 1. The van der Waals surface area contributed by atoms with E-state index in [1.807, 2.05) is 10.7 Å². The van der Waals surface area contributed by atoms with Gasteiger partial charge in [-0.1, -0.05) is 11.6 Å². The van der Waals surface area contributed by atoms with E-state index in [2.05, 4.69) is 40.2 Å². The molecular formula is C25H30ClFN6O. The molecule has 1 saturated carbocycles. The lowest BCUT2D eigenvalue weighted by Crippen LogP contribution is -2.53. The van der Waals surface area contributed by atoms with Crippen LogP contribution in [-0.2, 0) is 4.74 Å². The number of nitrogens with zero attached hydrogens (tertiary/aromatic N) is 5. The van der Waals surface area contributed by atoms with Gasteiger partial charge in [0.05, 0.1) is 30.0 Å². The Morgan fingerprint density at radius 2 is 2.09 bits per heavy atom. The average molecular weight is 485 g/mol. The molecule has 9 heteroatoms. The van der Waals surface area contributed by atoms with E-state index >= 15 is 4.39 Å². The van der Waals surface area contributed by atoms with E-state index in [9.17, 15) is 0 Å². The molecule has 3 aromatic rings. The fraction of sp³-hybridized carbons (Fsp3) is 0.560. The summed E-state index contributed by atoms with van der Waals surface area (Å²) in [4.78, 5) is 11.5. The highest BCUT2D eigenvalue weighted by atomic mass is 35.5. The van der Waals surface area contributed by atoms with Crippen molar-refractivity contribution in [1.82, 2.24) is 24.6 Å². The summed E-state index contributed by atoms with van der Waals surface area (Å²) in [6, 6.07) is 4.51. The van der Waals surface area contributed by atoms with Crippen LogP contribution in [0.5, 0.6) is 0 Å². The van der Waals surface area contributed by atoms with Crippen LogP contribution in [0.1, 0.15) is 55.7 Å². The van der Waals surface area contributed by atoms with Gasteiger partial charge >= 0.3 is 0 Å². The number of aromatic nitrogens is 4. The number of anilines is 2. The predicted molar refractivity (Wildman–Crippen MR) is 131 cm³/mol. The molecule has 3 aliphatic rings. The smallest absolute Gasteiger partial charge is 0.227 e. The molecule has 3 unspecified atom stereocenters. The largest absolute Gasteiger partial charge is 0.379 e. The molecule has 7 nitrogen and oxygen atoms in total. The molecule has 180 valence electrons. The minimum atomic E-state index is -0.922. The van der Waals surface area contributed by atoms with E-state index in [-0.39, 0.29) is 11.5 Å². The van der Waals surface area contributed by atoms with Crippen LogP contribution < -0.4 is 5.32 Å². The second-order valence-corrected chi connectivity index (χ2v) is 10.6. The van der Waals surface area contributed by atoms with Gasteiger partial charge < -0.3 is 10.1 Å². The van der Waals surface area contributed by atoms with Crippen LogP contribution in [0.3, 0.4) is 0 Å². The highest BCUT2D eigenvalue weighted by Crippen LogP contribution is 2.40. The molecule has 3 atom stereocenters. The number of ether oxygens (including phenoxy) is 1. The highest BCUT2D eigenvalue weighted by molar-refractivity contribution is 6.32. The van der Waals surface area contributed by atoms with Gasteiger partial charge in [-0.2, -0.15) is 5.10 Å². The molecule has 2 saturated heterocycles. The van der Waals surface area contributed by atoms with Gasteiger partial charge in [0.25, 0.3) is 0 Å². The minimum absolute atomic E-state index is 0.0455. The Balaban J connectivity index is 1.24. The van der Waals surface area contributed by atoms with Crippen LogP contribution in [0.2, 0.25) is 5.15 Å². The number of hydrogen-bond acceptors (Lipinski definition) is 6. The number of nitrogens with one attached hydrogen (secondary N) is 1. The fourth-order valence-electron chi connectivity index (χ4n) is 5.44. The van der Waals surface area contributed by atoms with Crippen molar-refractivity contribution in [2.75, 3.05) is 31.6 Å². The summed E-state index contributed by atoms with van der Waals surface area (Å²) < 4.78 is 23.0. The van der Waals surface area contributed by atoms with Gasteiger partial charge in [0.1, 0.15) is 6.17 Å². The molecule has 0 spiro atoms. The van der Waals surface area contributed by atoms with Gasteiger partial charge in [-0.3, -0.25) is 4.90 Å². The van der Waals surface area contributed by atoms with Crippen LogP contribution in [0, 0.1) is 6.92 Å². The van der Waals surface area contributed by atoms with Crippen molar-refractivity contribution in [3.05, 3.63) is 40.8 Å². The maximum atomic E-state index is 15.5. The maximum Gasteiger partial charge on any atom is 0.227 e. The molecule has 0 amide bonds. The molecule has 3 fully saturated rings.